The smallest absolute Gasteiger partial charge is 0.0121 e. The normalized spacial score (nSPS) is 32.1. The fraction of sp³-hybridized carbons (Fsp3) is 1.00. The minimum Gasteiger partial charge on any atom is -0.316 e. The molecule has 2 rings (SSSR count). The largest absolute Gasteiger partial charge is 0.316 e. The van der Waals surface area contributed by atoms with Crippen LogP contribution in [-0.4, -0.2) is 13.1 Å². The molecule has 0 saturated heterocycles. The third-order valence-corrected chi connectivity index (χ3v) is 4.82. The van der Waals surface area contributed by atoms with Crippen LogP contribution in [0.3, 0.4) is 0 Å². The maximum atomic E-state index is 3.55. The molecular formula is C13H25N. The van der Waals surface area contributed by atoms with Crippen molar-refractivity contribution in [3.8, 4) is 0 Å². The Labute approximate surface area is 88.7 Å². The topological polar surface area (TPSA) is 12.0 Å². The Morgan fingerprint density at radius 3 is 2.14 bits per heavy atom. The van der Waals surface area contributed by atoms with E-state index in [4.69, 9.17) is 0 Å². The summed E-state index contributed by atoms with van der Waals surface area (Å²) < 4.78 is 0. The quantitative estimate of drug-likeness (QED) is 0.729. The van der Waals surface area contributed by atoms with Crippen LogP contribution in [0, 0.1) is 17.3 Å². The summed E-state index contributed by atoms with van der Waals surface area (Å²) >= 11 is 0. The summed E-state index contributed by atoms with van der Waals surface area (Å²) in [6.07, 6.45) is 9.01. The third-order valence-electron chi connectivity index (χ3n) is 4.82. The van der Waals surface area contributed by atoms with Crippen molar-refractivity contribution in [3.63, 3.8) is 0 Å². The van der Waals surface area contributed by atoms with E-state index < -0.39 is 0 Å². The van der Waals surface area contributed by atoms with Crippen molar-refractivity contribution in [1.82, 2.24) is 5.32 Å². The molecule has 0 aromatic carbocycles. The molecule has 0 bridgehead atoms. The van der Waals surface area contributed by atoms with Crippen LogP contribution in [0.4, 0.5) is 0 Å². The first-order chi connectivity index (χ1) is 6.69. The van der Waals surface area contributed by atoms with Crippen LogP contribution in [0.1, 0.15) is 52.4 Å². The standard InChI is InChI=1S/C13H25N/c1-10(2)12(14-3)11-6-9-13(11)7-4-5-8-13/h10-12,14H,4-9H2,1-3H3. The first kappa shape index (κ1) is 10.5. The van der Waals surface area contributed by atoms with Gasteiger partial charge in [0.2, 0.25) is 0 Å². The molecule has 1 nitrogen and oxygen atoms in total. The lowest BCUT2D eigenvalue weighted by molar-refractivity contribution is -0.00334. The monoisotopic (exact) mass is 195 g/mol. The fourth-order valence-electron chi connectivity index (χ4n) is 3.98. The van der Waals surface area contributed by atoms with Crippen molar-refractivity contribution < 1.29 is 0 Å². The van der Waals surface area contributed by atoms with E-state index in [1.54, 1.807) is 0 Å². The highest BCUT2D eigenvalue weighted by atomic mass is 14.9. The number of hydrogen-bond acceptors (Lipinski definition) is 1. The lowest BCUT2D eigenvalue weighted by atomic mass is 9.55. The van der Waals surface area contributed by atoms with Crippen molar-refractivity contribution in [2.45, 2.75) is 58.4 Å². The lowest BCUT2D eigenvalue weighted by Gasteiger charge is -2.52. The Kier molecular flexibility index (Phi) is 2.88. The van der Waals surface area contributed by atoms with Gasteiger partial charge >= 0.3 is 0 Å². The average Bonchev–Trinajstić information content (AvgIpc) is 2.62. The minimum atomic E-state index is 0.766. The highest BCUT2D eigenvalue weighted by molar-refractivity contribution is 5.03. The van der Waals surface area contributed by atoms with Crippen LogP contribution < -0.4 is 5.32 Å². The lowest BCUT2D eigenvalue weighted by Crippen LogP contribution is -2.51. The summed E-state index contributed by atoms with van der Waals surface area (Å²) in [6.45, 7) is 4.73. The van der Waals surface area contributed by atoms with Crippen molar-refractivity contribution in [1.29, 1.82) is 0 Å². The Bertz CT molecular complexity index is 191. The van der Waals surface area contributed by atoms with Gasteiger partial charge in [-0.25, -0.2) is 0 Å². The van der Waals surface area contributed by atoms with E-state index in [0.29, 0.717) is 0 Å². The molecule has 2 atom stereocenters. The van der Waals surface area contributed by atoms with Gasteiger partial charge < -0.3 is 5.32 Å². The summed E-state index contributed by atoms with van der Waals surface area (Å²) in [7, 11) is 2.14. The van der Waals surface area contributed by atoms with Gasteiger partial charge in [-0.05, 0) is 50.0 Å². The van der Waals surface area contributed by atoms with Crippen LogP contribution in [0.25, 0.3) is 0 Å². The molecule has 1 heteroatoms. The highest BCUT2D eigenvalue weighted by Gasteiger charge is 2.51. The fourth-order valence-corrected chi connectivity index (χ4v) is 3.98. The maximum Gasteiger partial charge on any atom is 0.0121 e. The Morgan fingerprint density at radius 1 is 1.14 bits per heavy atom. The minimum absolute atomic E-state index is 0.766. The van der Waals surface area contributed by atoms with Crippen LogP contribution in [0.15, 0.2) is 0 Å². The summed E-state index contributed by atoms with van der Waals surface area (Å²) in [5, 5.41) is 3.55. The number of nitrogens with one attached hydrogen (secondary N) is 1. The van der Waals surface area contributed by atoms with Crippen molar-refractivity contribution in [3.05, 3.63) is 0 Å². The third kappa shape index (κ3) is 1.50. The zero-order valence-corrected chi connectivity index (χ0v) is 9.97. The molecule has 2 saturated carbocycles. The summed E-state index contributed by atoms with van der Waals surface area (Å²) in [4.78, 5) is 0. The van der Waals surface area contributed by atoms with E-state index in [2.05, 4.69) is 26.2 Å². The SMILES string of the molecule is CNC(C(C)C)C1CCC12CCCC2. The van der Waals surface area contributed by atoms with Crippen LogP contribution >= 0.6 is 0 Å². The van der Waals surface area contributed by atoms with Crippen LogP contribution in [0.5, 0.6) is 0 Å². The number of hydrogen-bond donors (Lipinski definition) is 1. The molecule has 0 amide bonds. The Hall–Kier alpha value is -0.0400. The molecule has 2 aliphatic rings. The van der Waals surface area contributed by atoms with Crippen LogP contribution in [0.2, 0.25) is 0 Å². The van der Waals surface area contributed by atoms with Gasteiger partial charge in [-0.15, -0.1) is 0 Å². The predicted octanol–water partition coefficient (Wildman–Crippen LogP) is 3.20. The van der Waals surface area contributed by atoms with Crippen LogP contribution in [-0.2, 0) is 0 Å². The van der Waals surface area contributed by atoms with E-state index in [9.17, 15) is 0 Å². The van der Waals surface area contributed by atoms with Gasteiger partial charge in [0.05, 0.1) is 0 Å². The van der Waals surface area contributed by atoms with Crippen molar-refractivity contribution in [2.75, 3.05) is 7.05 Å². The first-order valence-corrected chi connectivity index (χ1v) is 6.37. The second-order valence-corrected chi connectivity index (χ2v) is 5.77. The zero-order valence-electron chi connectivity index (χ0n) is 9.97. The van der Waals surface area contributed by atoms with Crippen molar-refractivity contribution >= 4 is 0 Å². The molecule has 0 aliphatic heterocycles. The molecular weight excluding hydrogens is 170 g/mol. The zero-order chi connectivity index (χ0) is 10.2. The summed E-state index contributed by atoms with van der Waals surface area (Å²) in [5.41, 5.74) is 0.776. The Balaban J connectivity index is 2.03. The van der Waals surface area contributed by atoms with E-state index in [1.165, 1.54) is 38.5 Å². The number of rotatable bonds is 3. The second kappa shape index (κ2) is 3.84. The van der Waals surface area contributed by atoms with E-state index in [1.807, 2.05) is 0 Å². The molecule has 14 heavy (non-hydrogen) atoms. The molecule has 1 spiro atoms. The predicted molar refractivity (Wildman–Crippen MR) is 61.3 cm³/mol. The maximum absolute atomic E-state index is 3.55. The van der Waals surface area contributed by atoms with E-state index >= 15 is 0 Å². The molecule has 2 aliphatic carbocycles. The van der Waals surface area contributed by atoms with Gasteiger partial charge in [0, 0.05) is 6.04 Å². The van der Waals surface area contributed by atoms with Crippen molar-refractivity contribution in [2.24, 2.45) is 17.3 Å². The van der Waals surface area contributed by atoms with Gasteiger partial charge in [0.15, 0.2) is 0 Å². The molecule has 0 aromatic heterocycles. The van der Waals surface area contributed by atoms with Gasteiger partial charge in [0.25, 0.3) is 0 Å². The average molecular weight is 195 g/mol. The molecule has 2 unspecified atom stereocenters. The molecule has 0 radical (unpaired) electrons. The van der Waals surface area contributed by atoms with Gasteiger partial charge in [-0.2, -0.15) is 0 Å². The van der Waals surface area contributed by atoms with Gasteiger partial charge in [0.1, 0.15) is 0 Å². The molecule has 82 valence electrons. The molecule has 1 N–H and O–H groups in total. The van der Waals surface area contributed by atoms with E-state index in [-0.39, 0.29) is 0 Å². The molecule has 2 fully saturated rings. The summed E-state index contributed by atoms with van der Waals surface area (Å²) in [5.74, 6) is 1.78. The first-order valence-electron chi connectivity index (χ1n) is 6.37. The molecule has 0 heterocycles. The highest BCUT2D eigenvalue weighted by Crippen LogP contribution is 2.59. The summed E-state index contributed by atoms with van der Waals surface area (Å²) in [6, 6.07) is 0.766. The Morgan fingerprint density at radius 2 is 1.79 bits per heavy atom. The second-order valence-electron chi connectivity index (χ2n) is 5.77. The van der Waals surface area contributed by atoms with Gasteiger partial charge in [-0.3, -0.25) is 0 Å². The molecule has 0 aromatic rings. The van der Waals surface area contributed by atoms with Gasteiger partial charge in [-0.1, -0.05) is 26.7 Å². The van der Waals surface area contributed by atoms with E-state index in [0.717, 1.165) is 23.3 Å².